The summed E-state index contributed by atoms with van der Waals surface area (Å²) in [6, 6.07) is 8.74. The Bertz CT molecular complexity index is 519. The maximum absolute atomic E-state index is 11.5. The number of carbonyl (C=O) groups excluding carboxylic acids is 2. The lowest BCUT2D eigenvalue weighted by Crippen LogP contribution is -2.53. The van der Waals surface area contributed by atoms with Crippen LogP contribution in [0.3, 0.4) is 0 Å². The minimum Gasteiger partial charge on any atom is -0.492 e. The summed E-state index contributed by atoms with van der Waals surface area (Å²) in [4.78, 5) is 24.1. The summed E-state index contributed by atoms with van der Waals surface area (Å²) in [7, 11) is 0. The summed E-state index contributed by atoms with van der Waals surface area (Å²) in [6.45, 7) is 1.65. The van der Waals surface area contributed by atoms with Gasteiger partial charge in [0.1, 0.15) is 12.4 Å². The molecule has 0 unspecified atom stereocenters. The number of nitrogens with one attached hydrogen (secondary N) is 1. The quantitative estimate of drug-likeness (QED) is 0.765. The highest BCUT2D eigenvalue weighted by Crippen LogP contribution is 2.11. The average Bonchev–Trinajstić information content (AvgIpc) is 2.44. The summed E-state index contributed by atoms with van der Waals surface area (Å²) >= 11 is 0. The van der Waals surface area contributed by atoms with Gasteiger partial charge >= 0.3 is 11.8 Å². The van der Waals surface area contributed by atoms with E-state index in [1.807, 2.05) is 6.07 Å². The average molecular weight is 259 g/mol. The van der Waals surface area contributed by atoms with E-state index in [-0.39, 0.29) is 0 Å². The molecule has 0 aromatic heterocycles. The molecular weight excluding hydrogens is 246 g/mol. The van der Waals surface area contributed by atoms with Crippen LogP contribution >= 0.6 is 0 Å². The van der Waals surface area contributed by atoms with Crippen molar-refractivity contribution in [2.24, 2.45) is 0 Å². The highest BCUT2D eigenvalue weighted by atomic mass is 16.5. The minimum absolute atomic E-state index is 0.310. The Morgan fingerprint density at radius 2 is 2.05 bits per heavy atom. The molecule has 0 aliphatic carbocycles. The summed E-state index contributed by atoms with van der Waals surface area (Å²) in [5.74, 6) is -0.452. The molecule has 1 saturated heterocycles. The normalized spacial score (nSPS) is 14.8. The van der Waals surface area contributed by atoms with Crippen LogP contribution in [0.5, 0.6) is 5.75 Å². The van der Waals surface area contributed by atoms with Crippen molar-refractivity contribution in [2.45, 2.75) is 0 Å². The lowest BCUT2D eigenvalue weighted by atomic mass is 10.2. The van der Waals surface area contributed by atoms with Crippen LogP contribution in [0.15, 0.2) is 24.3 Å². The molecule has 0 saturated carbocycles. The van der Waals surface area contributed by atoms with E-state index in [4.69, 9.17) is 10.00 Å². The highest BCUT2D eigenvalue weighted by Gasteiger charge is 2.25. The van der Waals surface area contributed by atoms with Gasteiger partial charge in [0.15, 0.2) is 0 Å². The first-order valence-electron chi connectivity index (χ1n) is 5.91. The summed E-state index contributed by atoms with van der Waals surface area (Å²) in [5, 5.41) is 11.1. The predicted molar refractivity (Wildman–Crippen MR) is 66.2 cm³/mol. The smallest absolute Gasteiger partial charge is 0.312 e. The van der Waals surface area contributed by atoms with E-state index in [2.05, 4.69) is 5.32 Å². The first-order valence-corrected chi connectivity index (χ1v) is 5.91. The van der Waals surface area contributed by atoms with Gasteiger partial charge in [0.05, 0.1) is 18.2 Å². The Kier molecular flexibility index (Phi) is 3.98. The molecule has 0 spiro atoms. The van der Waals surface area contributed by atoms with Crippen LogP contribution in [-0.2, 0) is 9.59 Å². The van der Waals surface area contributed by atoms with Gasteiger partial charge in [-0.3, -0.25) is 9.59 Å². The Labute approximate surface area is 110 Å². The second-order valence-corrected chi connectivity index (χ2v) is 4.03. The van der Waals surface area contributed by atoms with Gasteiger partial charge in [-0.1, -0.05) is 0 Å². The van der Waals surface area contributed by atoms with Crippen LogP contribution in [0, 0.1) is 11.3 Å². The number of carbonyl (C=O) groups is 2. The Hall–Kier alpha value is -2.55. The number of amides is 2. The molecule has 0 atom stereocenters. The van der Waals surface area contributed by atoms with E-state index in [1.165, 1.54) is 4.90 Å². The number of benzene rings is 1. The van der Waals surface area contributed by atoms with Gasteiger partial charge in [-0.2, -0.15) is 5.26 Å². The molecule has 98 valence electrons. The second kappa shape index (κ2) is 5.87. The number of rotatable bonds is 4. The Morgan fingerprint density at radius 1 is 1.32 bits per heavy atom. The van der Waals surface area contributed by atoms with Gasteiger partial charge in [-0.15, -0.1) is 0 Å². The zero-order chi connectivity index (χ0) is 13.7. The van der Waals surface area contributed by atoms with Crippen molar-refractivity contribution < 1.29 is 14.3 Å². The third-order valence-electron chi connectivity index (χ3n) is 2.76. The molecular formula is C13H13N3O3. The lowest BCUT2D eigenvalue weighted by molar-refractivity contribution is -0.148. The van der Waals surface area contributed by atoms with Crippen molar-refractivity contribution >= 4 is 11.8 Å². The molecule has 2 rings (SSSR count). The lowest BCUT2D eigenvalue weighted by Gasteiger charge is -2.26. The number of nitriles is 1. The molecule has 1 aliphatic rings. The topological polar surface area (TPSA) is 82.4 Å². The summed E-state index contributed by atoms with van der Waals surface area (Å²) < 4.78 is 5.46. The fourth-order valence-corrected chi connectivity index (χ4v) is 1.74. The van der Waals surface area contributed by atoms with Crippen molar-refractivity contribution in [2.75, 3.05) is 26.2 Å². The van der Waals surface area contributed by atoms with E-state index < -0.39 is 11.8 Å². The molecule has 1 aromatic rings. The van der Waals surface area contributed by atoms with Gasteiger partial charge in [0, 0.05) is 13.1 Å². The van der Waals surface area contributed by atoms with E-state index >= 15 is 0 Å². The van der Waals surface area contributed by atoms with E-state index in [0.717, 1.165) is 0 Å². The van der Waals surface area contributed by atoms with Crippen LogP contribution in [0.1, 0.15) is 5.56 Å². The predicted octanol–water partition coefficient (Wildman–Crippen LogP) is -0.105. The highest BCUT2D eigenvalue weighted by molar-refractivity contribution is 6.35. The van der Waals surface area contributed by atoms with Crippen LogP contribution in [0.2, 0.25) is 0 Å². The molecule has 0 bridgehead atoms. The Balaban J connectivity index is 1.81. The third-order valence-corrected chi connectivity index (χ3v) is 2.76. The molecule has 2 amide bonds. The van der Waals surface area contributed by atoms with Crippen LogP contribution in [0.25, 0.3) is 0 Å². The van der Waals surface area contributed by atoms with Crippen LogP contribution in [0.4, 0.5) is 0 Å². The maximum Gasteiger partial charge on any atom is 0.312 e. The van der Waals surface area contributed by atoms with Crippen molar-refractivity contribution in [1.29, 1.82) is 5.26 Å². The van der Waals surface area contributed by atoms with Crippen LogP contribution in [-0.4, -0.2) is 43.0 Å². The molecule has 0 radical (unpaired) electrons. The standard InChI is InChI=1S/C13H13N3O3/c14-9-10-1-3-11(4-2-10)19-8-7-16-6-5-15-12(17)13(16)18/h1-4H,5-8H2,(H,15,17). The molecule has 1 fully saturated rings. The molecule has 1 heterocycles. The van der Waals surface area contributed by atoms with E-state index in [9.17, 15) is 9.59 Å². The van der Waals surface area contributed by atoms with Gasteiger partial charge in [-0.05, 0) is 24.3 Å². The minimum atomic E-state index is -0.565. The summed E-state index contributed by atoms with van der Waals surface area (Å²) in [5.41, 5.74) is 0.565. The second-order valence-electron chi connectivity index (χ2n) is 4.03. The molecule has 1 aliphatic heterocycles. The largest absolute Gasteiger partial charge is 0.492 e. The first-order chi connectivity index (χ1) is 9.20. The van der Waals surface area contributed by atoms with Crippen molar-refractivity contribution in [3.63, 3.8) is 0 Å². The number of nitrogens with zero attached hydrogens (tertiary/aromatic N) is 2. The molecule has 1 N–H and O–H groups in total. The van der Waals surface area contributed by atoms with Gasteiger partial charge in [0.2, 0.25) is 0 Å². The maximum atomic E-state index is 11.5. The van der Waals surface area contributed by atoms with Crippen molar-refractivity contribution in [3.05, 3.63) is 29.8 Å². The van der Waals surface area contributed by atoms with Gasteiger partial charge in [0.25, 0.3) is 0 Å². The SMILES string of the molecule is N#Cc1ccc(OCCN2CCNC(=O)C2=O)cc1. The van der Waals surface area contributed by atoms with E-state index in [0.29, 0.717) is 37.6 Å². The number of piperazine rings is 1. The fourth-order valence-electron chi connectivity index (χ4n) is 1.74. The number of hydrogen-bond donors (Lipinski definition) is 1. The fraction of sp³-hybridized carbons (Fsp3) is 0.308. The molecule has 1 aromatic carbocycles. The third kappa shape index (κ3) is 3.22. The van der Waals surface area contributed by atoms with Crippen LogP contribution < -0.4 is 10.1 Å². The zero-order valence-electron chi connectivity index (χ0n) is 10.3. The summed E-state index contributed by atoms with van der Waals surface area (Å²) in [6.07, 6.45) is 0. The van der Waals surface area contributed by atoms with Gasteiger partial charge in [-0.25, -0.2) is 0 Å². The van der Waals surface area contributed by atoms with Crippen molar-refractivity contribution in [1.82, 2.24) is 10.2 Å². The van der Waals surface area contributed by atoms with Crippen molar-refractivity contribution in [3.8, 4) is 11.8 Å². The zero-order valence-corrected chi connectivity index (χ0v) is 10.3. The van der Waals surface area contributed by atoms with Gasteiger partial charge < -0.3 is 15.0 Å². The number of hydrogen-bond acceptors (Lipinski definition) is 4. The monoisotopic (exact) mass is 259 g/mol. The number of ether oxygens (including phenoxy) is 1. The van der Waals surface area contributed by atoms with E-state index in [1.54, 1.807) is 24.3 Å². The Morgan fingerprint density at radius 3 is 2.74 bits per heavy atom. The molecule has 19 heavy (non-hydrogen) atoms. The molecule has 6 nitrogen and oxygen atoms in total. The molecule has 6 heteroatoms. The first kappa shape index (κ1) is 12.9.